The largest absolute Gasteiger partial charge is 0.355 e. The van der Waals surface area contributed by atoms with Crippen LogP contribution in [0.1, 0.15) is 32.1 Å². The second-order valence-electron chi connectivity index (χ2n) is 8.88. The summed E-state index contributed by atoms with van der Waals surface area (Å²) in [6.45, 7) is 1.87. The van der Waals surface area contributed by atoms with E-state index in [1.54, 1.807) is 6.07 Å². The van der Waals surface area contributed by atoms with Crippen molar-refractivity contribution in [1.82, 2.24) is 24.9 Å². The number of nitrogens with one attached hydrogen (secondary N) is 1. The van der Waals surface area contributed by atoms with E-state index in [1.807, 2.05) is 37.8 Å². The third-order valence-corrected chi connectivity index (χ3v) is 6.81. The lowest BCUT2D eigenvalue weighted by Crippen LogP contribution is -2.38. The van der Waals surface area contributed by atoms with Crippen LogP contribution in [0, 0.1) is 5.41 Å². The number of nitrogens with zero attached hydrogens (tertiary/aromatic N) is 5. The lowest BCUT2D eigenvalue weighted by molar-refractivity contribution is -0.121. The third-order valence-electron chi connectivity index (χ3n) is 6.81. The molecular weight excluding hydrogens is 380 g/mol. The van der Waals surface area contributed by atoms with E-state index in [4.69, 9.17) is 0 Å². The van der Waals surface area contributed by atoms with Crippen molar-refractivity contribution in [2.45, 2.75) is 44.8 Å². The number of carbonyl (C=O) groups is 1. The van der Waals surface area contributed by atoms with Gasteiger partial charge in [-0.1, -0.05) is 12.8 Å². The number of rotatable bonds is 4. The summed E-state index contributed by atoms with van der Waals surface area (Å²) < 4.78 is 1.27. The fourth-order valence-corrected chi connectivity index (χ4v) is 5.10. The molecule has 1 amide bonds. The van der Waals surface area contributed by atoms with Gasteiger partial charge in [0.05, 0.1) is 0 Å². The van der Waals surface area contributed by atoms with Crippen LogP contribution < -0.4 is 15.8 Å². The van der Waals surface area contributed by atoms with Gasteiger partial charge in [-0.3, -0.25) is 9.59 Å². The molecule has 1 saturated heterocycles. The van der Waals surface area contributed by atoms with Crippen LogP contribution in [-0.2, 0) is 11.3 Å². The minimum Gasteiger partial charge on any atom is -0.355 e. The molecule has 1 unspecified atom stereocenters. The Morgan fingerprint density at radius 2 is 2.03 bits per heavy atom. The monoisotopic (exact) mass is 408 g/mol. The van der Waals surface area contributed by atoms with Gasteiger partial charge >= 0.3 is 0 Å². The highest BCUT2D eigenvalue weighted by atomic mass is 16.2. The Balaban J connectivity index is 1.25. The average Bonchev–Trinajstić information content (AvgIpc) is 3.46. The number of carbonyl (C=O) groups excluding carboxylic acids is 1. The van der Waals surface area contributed by atoms with Crippen LogP contribution in [0.5, 0.6) is 0 Å². The molecule has 4 aliphatic rings. The first-order chi connectivity index (χ1) is 14.5. The molecule has 1 aromatic heterocycles. The van der Waals surface area contributed by atoms with E-state index in [-0.39, 0.29) is 24.2 Å². The first kappa shape index (κ1) is 19.0. The molecule has 30 heavy (non-hydrogen) atoms. The molecule has 3 aliphatic heterocycles. The van der Waals surface area contributed by atoms with Gasteiger partial charge in [0.2, 0.25) is 5.91 Å². The van der Waals surface area contributed by atoms with Crippen LogP contribution in [0.15, 0.2) is 53.4 Å². The summed E-state index contributed by atoms with van der Waals surface area (Å²) >= 11 is 0. The summed E-state index contributed by atoms with van der Waals surface area (Å²) in [5.74, 6) is 0.533. The molecule has 1 atom stereocenters. The molecule has 1 N–H and O–H groups in total. The number of likely N-dealkylation sites (N-methyl/N-ethyl adjacent to an activating group) is 1. The van der Waals surface area contributed by atoms with Gasteiger partial charge in [0.1, 0.15) is 18.5 Å². The molecule has 1 spiro atoms. The molecule has 8 heteroatoms. The number of aromatic nitrogens is 2. The van der Waals surface area contributed by atoms with E-state index in [2.05, 4.69) is 25.1 Å². The predicted molar refractivity (Wildman–Crippen MR) is 114 cm³/mol. The third kappa shape index (κ3) is 3.51. The Labute approximate surface area is 176 Å². The minimum atomic E-state index is -0.261. The first-order valence-corrected chi connectivity index (χ1v) is 10.7. The molecule has 158 valence electrons. The summed E-state index contributed by atoms with van der Waals surface area (Å²) in [7, 11) is 1.99. The molecule has 1 aliphatic carbocycles. The number of anilines is 1. The van der Waals surface area contributed by atoms with Crippen LogP contribution >= 0.6 is 0 Å². The van der Waals surface area contributed by atoms with E-state index >= 15 is 0 Å². The van der Waals surface area contributed by atoms with Crippen LogP contribution in [0.4, 0.5) is 5.82 Å². The van der Waals surface area contributed by atoms with Gasteiger partial charge in [0.15, 0.2) is 0 Å². The SMILES string of the molecule is CN1C=CN2C=CC(NC(=O)Cn3nc(N4CCC5(CCCC5)C4)ccc3=O)=CC12. The summed E-state index contributed by atoms with van der Waals surface area (Å²) in [6, 6.07) is 3.31. The van der Waals surface area contributed by atoms with Crippen molar-refractivity contribution in [2.24, 2.45) is 5.41 Å². The van der Waals surface area contributed by atoms with Crippen molar-refractivity contribution in [3.8, 4) is 0 Å². The topological polar surface area (TPSA) is 73.7 Å². The molecular formula is C22H28N6O2. The summed E-state index contributed by atoms with van der Waals surface area (Å²) in [4.78, 5) is 31.3. The molecule has 1 saturated carbocycles. The Kier molecular flexibility index (Phi) is 4.64. The first-order valence-electron chi connectivity index (χ1n) is 10.7. The van der Waals surface area contributed by atoms with Crippen molar-refractivity contribution in [1.29, 1.82) is 0 Å². The molecule has 0 radical (unpaired) electrons. The maximum absolute atomic E-state index is 12.6. The number of allylic oxidation sites excluding steroid dienone is 1. The number of hydrogen-bond donors (Lipinski definition) is 1. The van der Waals surface area contributed by atoms with E-state index in [9.17, 15) is 9.59 Å². The van der Waals surface area contributed by atoms with Gasteiger partial charge in [-0.05, 0) is 42.9 Å². The average molecular weight is 409 g/mol. The standard InChI is InChI=1S/C22H28N6O2/c1-25-12-13-26-10-6-17(14-20(25)26)23-19(29)15-28-21(30)5-4-18(24-28)27-11-9-22(16-27)7-2-3-8-22/h4-6,10,12-14,20H,2-3,7-9,11,15-16H2,1H3,(H,23,29). The van der Waals surface area contributed by atoms with Gasteiger partial charge < -0.3 is 20.0 Å². The fraction of sp³-hybridized carbons (Fsp3) is 0.500. The molecule has 5 rings (SSSR count). The van der Waals surface area contributed by atoms with Crippen LogP contribution in [0.25, 0.3) is 0 Å². The summed E-state index contributed by atoms with van der Waals surface area (Å²) in [5, 5.41) is 7.41. The molecule has 0 aromatic carbocycles. The maximum Gasteiger partial charge on any atom is 0.267 e. The Hall–Kier alpha value is -3.03. The summed E-state index contributed by atoms with van der Waals surface area (Å²) in [6.07, 6.45) is 16.2. The normalized spacial score (nSPS) is 24.0. The van der Waals surface area contributed by atoms with Crippen LogP contribution in [0.2, 0.25) is 0 Å². The zero-order chi connectivity index (χ0) is 20.7. The number of fused-ring (bicyclic) bond motifs is 1. The van der Waals surface area contributed by atoms with Crippen molar-refractivity contribution < 1.29 is 4.79 Å². The second-order valence-corrected chi connectivity index (χ2v) is 8.88. The van der Waals surface area contributed by atoms with E-state index < -0.39 is 0 Å². The molecule has 0 bridgehead atoms. The quantitative estimate of drug-likeness (QED) is 0.816. The smallest absolute Gasteiger partial charge is 0.267 e. The van der Waals surface area contributed by atoms with Gasteiger partial charge in [0, 0.05) is 50.5 Å². The highest BCUT2D eigenvalue weighted by Gasteiger charge is 2.40. The maximum atomic E-state index is 12.6. The van der Waals surface area contributed by atoms with Crippen molar-refractivity contribution in [3.63, 3.8) is 0 Å². The molecule has 1 aromatic rings. The van der Waals surface area contributed by atoms with Crippen molar-refractivity contribution >= 4 is 11.7 Å². The number of amides is 1. The Morgan fingerprint density at radius 1 is 1.20 bits per heavy atom. The van der Waals surface area contributed by atoms with Crippen molar-refractivity contribution in [2.75, 3.05) is 25.0 Å². The van der Waals surface area contributed by atoms with Gasteiger partial charge in [0.25, 0.3) is 5.56 Å². The minimum absolute atomic E-state index is 0.0625. The Bertz CT molecular complexity index is 988. The van der Waals surface area contributed by atoms with Gasteiger partial charge in [-0.25, -0.2) is 4.68 Å². The van der Waals surface area contributed by atoms with Gasteiger partial charge in [-0.2, -0.15) is 5.10 Å². The zero-order valence-electron chi connectivity index (χ0n) is 17.3. The molecule has 4 heterocycles. The van der Waals surface area contributed by atoms with Gasteiger partial charge in [-0.15, -0.1) is 0 Å². The highest BCUT2D eigenvalue weighted by molar-refractivity contribution is 5.78. The van der Waals surface area contributed by atoms with E-state index in [0.717, 1.165) is 24.6 Å². The van der Waals surface area contributed by atoms with E-state index in [1.165, 1.54) is 42.9 Å². The highest BCUT2D eigenvalue weighted by Crippen LogP contribution is 2.45. The molecule has 8 nitrogen and oxygen atoms in total. The molecule has 2 fully saturated rings. The zero-order valence-corrected chi connectivity index (χ0v) is 17.3. The fourth-order valence-electron chi connectivity index (χ4n) is 5.10. The number of hydrogen-bond acceptors (Lipinski definition) is 6. The lowest BCUT2D eigenvalue weighted by atomic mass is 9.86. The summed E-state index contributed by atoms with van der Waals surface area (Å²) in [5.41, 5.74) is 0.891. The predicted octanol–water partition coefficient (Wildman–Crippen LogP) is 1.59. The van der Waals surface area contributed by atoms with E-state index in [0.29, 0.717) is 5.41 Å². The van der Waals surface area contributed by atoms with Crippen LogP contribution in [0.3, 0.4) is 0 Å². The Morgan fingerprint density at radius 3 is 2.87 bits per heavy atom. The van der Waals surface area contributed by atoms with Crippen LogP contribution in [-0.4, -0.2) is 51.8 Å². The van der Waals surface area contributed by atoms with Crippen molar-refractivity contribution in [3.05, 3.63) is 58.9 Å². The second kappa shape index (κ2) is 7.34. The lowest BCUT2D eigenvalue weighted by Gasteiger charge is -2.28.